The summed E-state index contributed by atoms with van der Waals surface area (Å²) in [6, 6.07) is 5.24. The molecule has 0 aromatic heterocycles. The van der Waals surface area contributed by atoms with E-state index in [0.29, 0.717) is 17.7 Å². The van der Waals surface area contributed by atoms with Gasteiger partial charge in [0.2, 0.25) is 5.91 Å². The molecule has 1 aromatic rings. The fourth-order valence-corrected chi connectivity index (χ4v) is 4.82. The van der Waals surface area contributed by atoms with Gasteiger partial charge in [-0.2, -0.15) is 0 Å². The van der Waals surface area contributed by atoms with Crippen molar-refractivity contribution >= 4 is 29.6 Å². The van der Waals surface area contributed by atoms with Crippen molar-refractivity contribution in [2.45, 2.75) is 83.8 Å². The molecule has 0 aliphatic carbocycles. The van der Waals surface area contributed by atoms with E-state index in [-0.39, 0.29) is 12.3 Å². The summed E-state index contributed by atoms with van der Waals surface area (Å²) >= 11 is 0. The molecule has 10 heteroatoms. The van der Waals surface area contributed by atoms with Gasteiger partial charge in [-0.1, -0.05) is 32.0 Å². The Morgan fingerprint density at radius 1 is 1.20 bits per heavy atom. The first-order valence-corrected chi connectivity index (χ1v) is 11.7. The minimum Gasteiger partial charge on any atom is -0.467 e. The molecule has 2 amide bonds. The fourth-order valence-electron chi connectivity index (χ4n) is 4.82. The zero-order chi connectivity index (χ0) is 26.1. The average molecular weight is 490 g/mol. The van der Waals surface area contributed by atoms with Crippen LogP contribution in [-0.4, -0.2) is 59.8 Å². The SMILES string of the molecule is COC(=O)[C@@H]1C[C@@]2(OC(C)=O)c3ccccc3N[C@@H]2N1C(=O)[C@H](CC(C)C)NC(=O)OC(C)(C)C. The van der Waals surface area contributed by atoms with Gasteiger partial charge in [-0.3, -0.25) is 9.59 Å². The predicted octanol–water partition coefficient (Wildman–Crippen LogP) is 2.91. The van der Waals surface area contributed by atoms with Gasteiger partial charge in [0.1, 0.15) is 23.9 Å². The van der Waals surface area contributed by atoms with Crippen LogP contribution in [0.2, 0.25) is 0 Å². The van der Waals surface area contributed by atoms with Crippen molar-refractivity contribution in [3.63, 3.8) is 0 Å². The topological polar surface area (TPSA) is 123 Å². The van der Waals surface area contributed by atoms with Crippen molar-refractivity contribution in [1.29, 1.82) is 0 Å². The molecular weight excluding hydrogens is 454 g/mol. The zero-order valence-corrected chi connectivity index (χ0v) is 21.3. The Labute approximate surface area is 205 Å². The monoisotopic (exact) mass is 489 g/mol. The number of hydrogen-bond acceptors (Lipinski definition) is 8. The molecule has 0 spiro atoms. The Balaban J connectivity index is 2.03. The lowest BCUT2D eigenvalue weighted by Crippen LogP contribution is -2.57. The summed E-state index contributed by atoms with van der Waals surface area (Å²) in [5.74, 6) is -1.64. The molecule has 2 N–H and O–H groups in total. The number of carbonyl (C=O) groups is 4. The second-order valence-electron chi connectivity index (χ2n) is 10.4. The molecule has 0 saturated carbocycles. The van der Waals surface area contributed by atoms with Crippen LogP contribution >= 0.6 is 0 Å². The molecule has 2 heterocycles. The maximum atomic E-state index is 14.0. The maximum Gasteiger partial charge on any atom is 0.408 e. The quantitative estimate of drug-likeness (QED) is 0.462. The van der Waals surface area contributed by atoms with Gasteiger partial charge >= 0.3 is 18.0 Å². The largest absolute Gasteiger partial charge is 0.467 e. The minimum absolute atomic E-state index is 0.0144. The fraction of sp³-hybridized carbons (Fsp3) is 0.600. The first-order chi connectivity index (χ1) is 16.3. The van der Waals surface area contributed by atoms with Crippen LogP contribution in [0.15, 0.2) is 24.3 Å². The molecule has 1 saturated heterocycles. The van der Waals surface area contributed by atoms with Gasteiger partial charge in [0.05, 0.1) is 7.11 Å². The van der Waals surface area contributed by atoms with Crippen LogP contribution in [-0.2, 0) is 34.2 Å². The third kappa shape index (κ3) is 5.36. The first-order valence-electron chi connectivity index (χ1n) is 11.7. The average Bonchev–Trinajstić information content (AvgIpc) is 3.20. The standard InChI is InChI=1S/C25H35N3O7/c1-14(2)12-18(27-23(32)35-24(4,5)6)20(30)28-19(21(31)33-7)13-25(34-15(3)29)16-10-8-9-11-17(16)26-22(25)28/h8-11,14,18-19,22,26H,12-13H2,1-7H3,(H,27,32)/t18-,19-,22+,25+/m0/s1. The van der Waals surface area contributed by atoms with Crippen LogP contribution in [0.4, 0.5) is 10.5 Å². The number of rotatable bonds is 6. The number of esters is 2. The van der Waals surface area contributed by atoms with Gasteiger partial charge in [-0.05, 0) is 39.2 Å². The number of nitrogens with one attached hydrogen (secondary N) is 2. The van der Waals surface area contributed by atoms with Gasteiger partial charge in [-0.15, -0.1) is 0 Å². The number of para-hydroxylation sites is 1. The highest BCUT2D eigenvalue weighted by atomic mass is 16.6. The highest BCUT2D eigenvalue weighted by Crippen LogP contribution is 2.52. The van der Waals surface area contributed by atoms with E-state index in [9.17, 15) is 19.2 Å². The van der Waals surface area contributed by atoms with E-state index in [4.69, 9.17) is 14.2 Å². The first kappa shape index (κ1) is 26.3. The highest BCUT2D eigenvalue weighted by Gasteiger charge is 2.64. The summed E-state index contributed by atoms with van der Waals surface area (Å²) in [4.78, 5) is 53.0. The molecule has 0 radical (unpaired) electrons. The molecule has 1 aromatic carbocycles. The molecule has 3 rings (SSSR count). The summed E-state index contributed by atoms with van der Waals surface area (Å²) in [6.45, 7) is 10.3. The van der Waals surface area contributed by atoms with Crippen molar-refractivity contribution in [2.75, 3.05) is 12.4 Å². The number of methoxy groups -OCH3 is 1. The van der Waals surface area contributed by atoms with Crippen molar-refractivity contribution in [3.8, 4) is 0 Å². The predicted molar refractivity (Wildman–Crippen MR) is 127 cm³/mol. The second-order valence-corrected chi connectivity index (χ2v) is 10.4. The molecule has 10 nitrogen and oxygen atoms in total. The molecule has 2 aliphatic rings. The summed E-state index contributed by atoms with van der Waals surface area (Å²) in [5.41, 5.74) is -0.674. The van der Waals surface area contributed by atoms with E-state index in [1.807, 2.05) is 26.0 Å². The van der Waals surface area contributed by atoms with Gasteiger partial charge < -0.3 is 29.7 Å². The summed E-state index contributed by atoms with van der Waals surface area (Å²) in [6.07, 6.45) is -1.28. The van der Waals surface area contributed by atoms with E-state index < -0.39 is 53.4 Å². The number of nitrogens with zero attached hydrogens (tertiary/aromatic N) is 1. The van der Waals surface area contributed by atoms with Crippen molar-refractivity contribution in [3.05, 3.63) is 29.8 Å². The number of alkyl carbamates (subject to hydrolysis) is 1. The van der Waals surface area contributed by atoms with Gasteiger partial charge in [0.25, 0.3) is 0 Å². The van der Waals surface area contributed by atoms with Crippen LogP contribution in [0.5, 0.6) is 0 Å². The highest BCUT2D eigenvalue weighted by molar-refractivity contribution is 5.92. The van der Waals surface area contributed by atoms with E-state index in [0.717, 1.165) is 0 Å². The zero-order valence-electron chi connectivity index (χ0n) is 21.3. The van der Waals surface area contributed by atoms with Crippen molar-refractivity contribution in [1.82, 2.24) is 10.2 Å². The maximum absolute atomic E-state index is 14.0. The number of anilines is 1. The van der Waals surface area contributed by atoms with Crippen LogP contribution in [0.1, 0.15) is 59.9 Å². The third-order valence-electron chi connectivity index (χ3n) is 5.98. The minimum atomic E-state index is -1.29. The Kier molecular flexibility index (Phi) is 7.33. The number of hydrogen-bond donors (Lipinski definition) is 2. The molecule has 2 aliphatic heterocycles. The van der Waals surface area contributed by atoms with Crippen LogP contribution < -0.4 is 10.6 Å². The van der Waals surface area contributed by atoms with Gasteiger partial charge in [-0.25, -0.2) is 9.59 Å². The third-order valence-corrected chi connectivity index (χ3v) is 5.98. The summed E-state index contributed by atoms with van der Waals surface area (Å²) < 4.78 is 16.2. The lowest BCUT2D eigenvalue weighted by molar-refractivity contribution is -0.161. The molecular formula is C25H35N3O7. The normalized spacial score (nSPS) is 23.6. The Morgan fingerprint density at radius 2 is 1.86 bits per heavy atom. The van der Waals surface area contributed by atoms with Crippen molar-refractivity contribution < 1.29 is 33.4 Å². The van der Waals surface area contributed by atoms with Gasteiger partial charge in [0.15, 0.2) is 5.60 Å². The number of ether oxygens (including phenoxy) is 3. The Bertz CT molecular complexity index is 1000. The number of carbonyl (C=O) groups excluding carboxylic acids is 4. The van der Waals surface area contributed by atoms with Crippen LogP contribution in [0.25, 0.3) is 0 Å². The lowest BCUT2D eigenvalue weighted by atomic mass is 9.90. The number of amides is 2. The lowest BCUT2D eigenvalue weighted by Gasteiger charge is -2.35. The Hall–Kier alpha value is -3.30. The number of fused-ring (bicyclic) bond motifs is 3. The second kappa shape index (κ2) is 9.75. The number of benzene rings is 1. The summed E-state index contributed by atoms with van der Waals surface area (Å²) in [7, 11) is 1.24. The molecule has 192 valence electrons. The van der Waals surface area contributed by atoms with Crippen LogP contribution in [0, 0.1) is 5.92 Å². The smallest absolute Gasteiger partial charge is 0.408 e. The molecule has 1 fully saturated rings. The van der Waals surface area contributed by atoms with E-state index in [2.05, 4.69) is 10.6 Å². The number of likely N-dealkylation sites (tertiary alicyclic amines) is 1. The molecule has 0 unspecified atom stereocenters. The molecule has 0 bridgehead atoms. The Morgan fingerprint density at radius 3 is 2.43 bits per heavy atom. The van der Waals surface area contributed by atoms with Crippen LogP contribution in [0.3, 0.4) is 0 Å². The van der Waals surface area contributed by atoms with Crippen molar-refractivity contribution in [2.24, 2.45) is 5.92 Å². The van der Waals surface area contributed by atoms with E-state index >= 15 is 0 Å². The molecule has 4 atom stereocenters. The van der Waals surface area contributed by atoms with E-state index in [1.165, 1.54) is 18.9 Å². The molecule has 35 heavy (non-hydrogen) atoms. The van der Waals surface area contributed by atoms with E-state index in [1.54, 1.807) is 32.9 Å². The van der Waals surface area contributed by atoms with Gasteiger partial charge in [0, 0.05) is 24.6 Å². The summed E-state index contributed by atoms with van der Waals surface area (Å²) in [5, 5.41) is 5.93.